The van der Waals surface area contributed by atoms with Gasteiger partial charge in [0.2, 0.25) is 0 Å². The molecule has 0 saturated carbocycles. The maximum absolute atomic E-state index is 12.3. The van der Waals surface area contributed by atoms with E-state index in [1.807, 2.05) is 6.92 Å². The van der Waals surface area contributed by atoms with Crippen molar-refractivity contribution in [3.8, 4) is 5.75 Å². The van der Waals surface area contributed by atoms with Crippen LogP contribution in [0, 0.1) is 0 Å². The molecule has 7 heteroatoms. The quantitative estimate of drug-likeness (QED) is 0.649. The standard InChI is InChI=1S/C17H17BrN2O4/c1-2-7-24-15-6-3-10(8-13(15)19)16(21)20-14-5-4-11(18)9-12(14)17(22)23/h3-6,8-9H,2,7,19H2,1H3,(H,20,21)(H,22,23). The minimum atomic E-state index is -1.13. The van der Waals surface area contributed by atoms with Crippen LogP contribution in [0.5, 0.6) is 5.75 Å². The van der Waals surface area contributed by atoms with Gasteiger partial charge in [-0.15, -0.1) is 0 Å². The van der Waals surface area contributed by atoms with Crippen molar-refractivity contribution in [2.75, 3.05) is 17.7 Å². The van der Waals surface area contributed by atoms with Crippen LogP contribution >= 0.6 is 15.9 Å². The molecule has 2 aromatic rings. The average Bonchev–Trinajstić information content (AvgIpc) is 2.55. The van der Waals surface area contributed by atoms with Gasteiger partial charge in [0, 0.05) is 10.0 Å². The number of carboxylic acid groups (broad SMARTS) is 1. The van der Waals surface area contributed by atoms with E-state index in [1.165, 1.54) is 18.2 Å². The van der Waals surface area contributed by atoms with Crippen molar-refractivity contribution in [2.24, 2.45) is 0 Å². The lowest BCUT2D eigenvalue weighted by molar-refractivity contribution is 0.0698. The molecule has 4 N–H and O–H groups in total. The summed E-state index contributed by atoms with van der Waals surface area (Å²) < 4.78 is 6.07. The second kappa shape index (κ2) is 7.83. The van der Waals surface area contributed by atoms with E-state index in [1.54, 1.807) is 18.2 Å². The number of benzene rings is 2. The van der Waals surface area contributed by atoms with Gasteiger partial charge in [-0.25, -0.2) is 4.79 Å². The molecular weight excluding hydrogens is 376 g/mol. The van der Waals surface area contributed by atoms with E-state index >= 15 is 0 Å². The first kappa shape index (κ1) is 17.8. The zero-order valence-corrected chi connectivity index (χ0v) is 14.6. The number of carbonyl (C=O) groups is 2. The molecule has 126 valence electrons. The number of nitrogens with one attached hydrogen (secondary N) is 1. The maximum atomic E-state index is 12.3. The van der Waals surface area contributed by atoms with Crippen LogP contribution in [0.25, 0.3) is 0 Å². The van der Waals surface area contributed by atoms with Gasteiger partial charge in [-0.05, 0) is 42.8 Å². The van der Waals surface area contributed by atoms with E-state index < -0.39 is 11.9 Å². The van der Waals surface area contributed by atoms with Crippen molar-refractivity contribution in [2.45, 2.75) is 13.3 Å². The third-order valence-corrected chi connectivity index (χ3v) is 3.69. The number of amides is 1. The highest BCUT2D eigenvalue weighted by Gasteiger charge is 2.15. The lowest BCUT2D eigenvalue weighted by Gasteiger charge is -2.11. The zero-order valence-electron chi connectivity index (χ0n) is 13.0. The Hall–Kier alpha value is -2.54. The second-order valence-electron chi connectivity index (χ2n) is 5.05. The molecule has 0 aliphatic heterocycles. The zero-order chi connectivity index (χ0) is 17.7. The maximum Gasteiger partial charge on any atom is 0.337 e. The van der Waals surface area contributed by atoms with Crippen LogP contribution in [0.3, 0.4) is 0 Å². The molecule has 0 aliphatic rings. The molecule has 0 atom stereocenters. The number of hydrogen-bond acceptors (Lipinski definition) is 4. The first-order valence-electron chi connectivity index (χ1n) is 7.29. The van der Waals surface area contributed by atoms with Crippen molar-refractivity contribution in [3.05, 3.63) is 52.0 Å². The summed E-state index contributed by atoms with van der Waals surface area (Å²) in [6.45, 7) is 2.52. The fourth-order valence-electron chi connectivity index (χ4n) is 2.03. The molecule has 0 radical (unpaired) electrons. The number of ether oxygens (including phenoxy) is 1. The molecule has 6 nitrogen and oxygen atoms in total. The van der Waals surface area contributed by atoms with E-state index in [2.05, 4.69) is 21.2 Å². The summed E-state index contributed by atoms with van der Waals surface area (Å²) in [6.07, 6.45) is 0.850. The smallest absolute Gasteiger partial charge is 0.337 e. The van der Waals surface area contributed by atoms with Crippen LogP contribution in [0.2, 0.25) is 0 Å². The second-order valence-corrected chi connectivity index (χ2v) is 5.97. The molecule has 0 heterocycles. The number of nitrogen functional groups attached to an aromatic ring is 1. The monoisotopic (exact) mass is 392 g/mol. The Labute approximate surface area is 147 Å². The van der Waals surface area contributed by atoms with E-state index in [0.29, 0.717) is 28.1 Å². The molecule has 0 aliphatic carbocycles. The summed E-state index contributed by atoms with van der Waals surface area (Å²) in [6, 6.07) is 9.30. The molecule has 0 fully saturated rings. The number of hydrogen-bond donors (Lipinski definition) is 3. The third-order valence-electron chi connectivity index (χ3n) is 3.19. The average molecular weight is 393 g/mol. The van der Waals surface area contributed by atoms with Gasteiger partial charge < -0.3 is 20.9 Å². The van der Waals surface area contributed by atoms with Gasteiger partial charge in [0.05, 0.1) is 23.5 Å². The number of aromatic carboxylic acids is 1. The summed E-state index contributed by atoms with van der Waals surface area (Å²) in [7, 11) is 0. The molecule has 0 saturated heterocycles. The van der Waals surface area contributed by atoms with E-state index in [-0.39, 0.29) is 11.3 Å². The van der Waals surface area contributed by atoms with Crippen molar-refractivity contribution < 1.29 is 19.4 Å². The van der Waals surface area contributed by atoms with Gasteiger partial charge >= 0.3 is 5.97 Å². The fourth-order valence-corrected chi connectivity index (χ4v) is 2.39. The van der Waals surface area contributed by atoms with Crippen LogP contribution < -0.4 is 15.8 Å². The topological polar surface area (TPSA) is 102 Å². The summed E-state index contributed by atoms with van der Waals surface area (Å²) in [5.74, 6) is -1.06. The van der Waals surface area contributed by atoms with Gasteiger partial charge in [-0.2, -0.15) is 0 Å². The van der Waals surface area contributed by atoms with E-state index in [4.69, 9.17) is 10.5 Å². The van der Waals surface area contributed by atoms with Crippen molar-refractivity contribution in [1.29, 1.82) is 0 Å². The van der Waals surface area contributed by atoms with Gasteiger partial charge in [0.1, 0.15) is 5.75 Å². The Balaban J connectivity index is 2.21. The highest BCUT2D eigenvalue weighted by molar-refractivity contribution is 9.10. The highest BCUT2D eigenvalue weighted by atomic mass is 79.9. The normalized spacial score (nSPS) is 10.2. The predicted molar refractivity (Wildman–Crippen MR) is 95.7 cm³/mol. The molecule has 2 rings (SSSR count). The molecule has 24 heavy (non-hydrogen) atoms. The highest BCUT2D eigenvalue weighted by Crippen LogP contribution is 2.25. The Morgan fingerprint density at radius 2 is 2.00 bits per heavy atom. The predicted octanol–water partition coefficient (Wildman–Crippen LogP) is 3.77. The van der Waals surface area contributed by atoms with Gasteiger partial charge in [-0.1, -0.05) is 22.9 Å². The molecule has 1 amide bonds. The fraction of sp³-hybridized carbons (Fsp3) is 0.176. The molecule has 0 aromatic heterocycles. The number of nitrogens with two attached hydrogens (primary N) is 1. The van der Waals surface area contributed by atoms with Gasteiger partial charge in [-0.3, -0.25) is 4.79 Å². The SMILES string of the molecule is CCCOc1ccc(C(=O)Nc2ccc(Br)cc2C(=O)O)cc1N. The largest absolute Gasteiger partial charge is 0.491 e. The Morgan fingerprint density at radius 1 is 1.25 bits per heavy atom. The Bertz CT molecular complexity index is 777. The first-order valence-corrected chi connectivity index (χ1v) is 8.08. The van der Waals surface area contributed by atoms with Gasteiger partial charge in [0.25, 0.3) is 5.91 Å². The summed E-state index contributed by atoms with van der Waals surface area (Å²) >= 11 is 3.21. The third kappa shape index (κ3) is 4.26. The van der Waals surface area contributed by atoms with E-state index in [9.17, 15) is 14.7 Å². The molecule has 0 bridgehead atoms. The first-order chi connectivity index (χ1) is 11.4. The number of rotatable bonds is 6. The van der Waals surface area contributed by atoms with Gasteiger partial charge in [0.15, 0.2) is 0 Å². The lowest BCUT2D eigenvalue weighted by atomic mass is 10.1. The van der Waals surface area contributed by atoms with Crippen LogP contribution in [0.1, 0.15) is 34.1 Å². The van der Waals surface area contributed by atoms with Crippen molar-refractivity contribution in [3.63, 3.8) is 0 Å². The molecule has 2 aromatic carbocycles. The van der Waals surface area contributed by atoms with Crippen molar-refractivity contribution >= 4 is 39.2 Å². The molecule has 0 unspecified atom stereocenters. The number of carboxylic acids is 1. The lowest BCUT2D eigenvalue weighted by Crippen LogP contribution is -2.15. The number of carbonyl (C=O) groups excluding carboxylic acids is 1. The summed E-state index contributed by atoms with van der Waals surface area (Å²) in [5.41, 5.74) is 6.76. The minimum absolute atomic E-state index is 0.00593. The number of anilines is 2. The summed E-state index contributed by atoms with van der Waals surface area (Å²) in [5, 5.41) is 11.8. The molecular formula is C17H17BrN2O4. The van der Waals surface area contributed by atoms with Crippen molar-refractivity contribution in [1.82, 2.24) is 0 Å². The van der Waals surface area contributed by atoms with Crippen LogP contribution in [0.15, 0.2) is 40.9 Å². The Kier molecular flexibility index (Phi) is 5.81. The Morgan fingerprint density at radius 3 is 2.62 bits per heavy atom. The number of halogens is 1. The minimum Gasteiger partial charge on any atom is -0.491 e. The molecule has 0 spiro atoms. The van der Waals surface area contributed by atoms with Crippen LogP contribution in [0.4, 0.5) is 11.4 Å². The van der Waals surface area contributed by atoms with E-state index in [0.717, 1.165) is 6.42 Å². The van der Waals surface area contributed by atoms with Crippen LogP contribution in [-0.2, 0) is 0 Å². The summed E-state index contributed by atoms with van der Waals surface area (Å²) in [4.78, 5) is 23.6. The van der Waals surface area contributed by atoms with Crippen LogP contribution in [-0.4, -0.2) is 23.6 Å².